The van der Waals surface area contributed by atoms with Crippen LogP contribution in [0.4, 0.5) is 0 Å². The number of H-pyrrole nitrogens is 1. The van der Waals surface area contributed by atoms with Crippen molar-refractivity contribution in [2.45, 2.75) is 12.8 Å². The van der Waals surface area contributed by atoms with E-state index in [9.17, 15) is 0 Å². The monoisotopic (exact) mass is 500 g/mol. The van der Waals surface area contributed by atoms with Crippen LogP contribution in [0.5, 0.6) is 0 Å². The van der Waals surface area contributed by atoms with E-state index in [1.54, 1.807) is 0 Å². The zero-order valence-corrected chi connectivity index (χ0v) is 21.2. The fraction of sp³-hybridized carbons (Fsp3) is 0.0556. The fourth-order valence-electron chi connectivity index (χ4n) is 6.69. The van der Waals surface area contributed by atoms with Gasteiger partial charge in [-0.25, -0.2) is 0 Å². The molecule has 0 saturated carbocycles. The van der Waals surface area contributed by atoms with Crippen LogP contribution in [0.25, 0.3) is 82.4 Å². The highest BCUT2D eigenvalue weighted by molar-refractivity contribution is 6.29. The fourth-order valence-corrected chi connectivity index (χ4v) is 6.69. The van der Waals surface area contributed by atoms with Gasteiger partial charge >= 0.3 is 0 Å². The Morgan fingerprint density at radius 3 is 2.44 bits per heavy atom. The van der Waals surface area contributed by atoms with Gasteiger partial charge in [-0.1, -0.05) is 72.8 Å². The maximum absolute atomic E-state index is 6.10. The van der Waals surface area contributed by atoms with Gasteiger partial charge in [0.1, 0.15) is 11.2 Å². The molecule has 8 aromatic rings. The molecule has 3 nitrogen and oxygen atoms in total. The van der Waals surface area contributed by atoms with Crippen LogP contribution in [-0.4, -0.2) is 9.55 Å². The number of furan rings is 1. The molecular weight excluding hydrogens is 476 g/mol. The second-order valence-corrected chi connectivity index (χ2v) is 10.5. The quantitative estimate of drug-likeness (QED) is 0.252. The molecule has 0 saturated heterocycles. The zero-order valence-electron chi connectivity index (χ0n) is 21.2. The van der Waals surface area contributed by atoms with Crippen LogP contribution in [0.1, 0.15) is 12.8 Å². The van der Waals surface area contributed by atoms with E-state index < -0.39 is 0 Å². The standard InChI is InChI=1S/C36H24N2O/c1-2-9-23(10-3-1)38-30-15-6-4-12-26(30)35-31(38)19-18-29-34(35)27-14-8-13-24(36(27)37-29)22-17-20-33-28(21-22)25-11-5-7-16-32(25)39-33/h1-2,4-9,11-21,37H,3,10H2. The molecule has 0 spiro atoms. The number of fused-ring (bicyclic) bond motifs is 10. The van der Waals surface area contributed by atoms with Crippen molar-refractivity contribution in [2.75, 3.05) is 0 Å². The third kappa shape index (κ3) is 2.87. The van der Waals surface area contributed by atoms with E-state index in [0.29, 0.717) is 0 Å². The molecule has 0 fully saturated rings. The highest BCUT2D eigenvalue weighted by Crippen LogP contribution is 2.43. The Morgan fingerprint density at radius 2 is 1.51 bits per heavy atom. The summed E-state index contributed by atoms with van der Waals surface area (Å²) in [5.41, 5.74) is 10.5. The van der Waals surface area contributed by atoms with Gasteiger partial charge in [0.2, 0.25) is 0 Å². The third-order valence-electron chi connectivity index (χ3n) is 8.40. The summed E-state index contributed by atoms with van der Waals surface area (Å²) in [6, 6.07) is 34.9. The second kappa shape index (κ2) is 7.75. The lowest BCUT2D eigenvalue weighted by molar-refractivity contribution is 0.669. The molecule has 0 atom stereocenters. The summed E-state index contributed by atoms with van der Waals surface area (Å²) < 4.78 is 8.57. The average molecular weight is 501 g/mol. The number of hydrogen-bond donors (Lipinski definition) is 1. The second-order valence-electron chi connectivity index (χ2n) is 10.5. The number of hydrogen-bond acceptors (Lipinski definition) is 1. The van der Waals surface area contributed by atoms with Crippen LogP contribution in [0, 0.1) is 0 Å². The van der Waals surface area contributed by atoms with Crippen molar-refractivity contribution in [3.63, 3.8) is 0 Å². The van der Waals surface area contributed by atoms with E-state index in [1.165, 1.54) is 60.4 Å². The Morgan fingerprint density at radius 1 is 0.667 bits per heavy atom. The van der Waals surface area contributed by atoms with E-state index >= 15 is 0 Å². The number of nitrogens with zero attached hydrogens (tertiary/aromatic N) is 1. The van der Waals surface area contributed by atoms with Gasteiger partial charge in [0.05, 0.1) is 16.6 Å². The topological polar surface area (TPSA) is 33.9 Å². The van der Waals surface area contributed by atoms with Crippen molar-refractivity contribution in [2.24, 2.45) is 0 Å². The van der Waals surface area contributed by atoms with Gasteiger partial charge in [0.25, 0.3) is 0 Å². The molecule has 1 aliphatic rings. The van der Waals surface area contributed by atoms with Crippen molar-refractivity contribution < 1.29 is 4.42 Å². The largest absolute Gasteiger partial charge is 0.456 e. The minimum absolute atomic E-state index is 0.921. The van der Waals surface area contributed by atoms with E-state index in [-0.39, 0.29) is 0 Å². The highest BCUT2D eigenvalue weighted by atomic mass is 16.3. The molecule has 1 N–H and O–H groups in total. The number of aromatic nitrogens is 2. The van der Waals surface area contributed by atoms with Crippen LogP contribution in [0.2, 0.25) is 0 Å². The van der Waals surface area contributed by atoms with Gasteiger partial charge < -0.3 is 14.0 Å². The van der Waals surface area contributed by atoms with Crippen molar-refractivity contribution >= 4 is 71.2 Å². The molecule has 3 heterocycles. The van der Waals surface area contributed by atoms with E-state index in [4.69, 9.17) is 4.42 Å². The van der Waals surface area contributed by atoms with Gasteiger partial charge in [0, 0.05) is 49.1 Å². The van der Waals surface area contributed by atoms with Crippen molar-refractivity contribution in [3.8, 4) is 11.1 Å². The van der Waals surface area contributed by atoms with Crippen molar-refractivity contribution in [1.29, 1.82) is 0 Å². The molecule has 0 unspecified atom stereocenters. The van der Waals surface area contributed by atoms with Crippen LogP contribution < -0.4 is 0 Å². The summed E-state index contributed by atoms with van der Waals surface area (Å²) in [5, 5.41) is 7.46. The number of allylic oxidation sites excluding steroid dienone is 4. The molecule has 1 aliphatic carbocycles. The van der Waals surface area contributed by atoms with Crippen LogP contribution in [-0.2, 0) is 0 Å². The minimum Gasteiger partial charge on any atom is -0.456 e. The Kier molecular flexibility index (Phi) is 4.17. The number of benzene rings is 5. The lowest BCUT2D eigenvalue weighted by atomic mass is 9.99. The summed E-state index contributed by atoms with van der Waals surface area (Å²) in [4.78, 5) is 3.81. The molecule has 39 heavy (non-hydrogen) atoms. The number of aromatic amines is 1. The molecule has 0 amide bonds. The smallest absolute Gasteiger partial charge is 0.135 e. The number of rotatable bonds is 2. The zero-order chi connectivity index (χ0) is 25.5. The van der Waals surface area contributed by atoms with Gasteiger partial charge in [-0.3, -0.25) is 0 Å². The first-order valence-corrected chi connectivity index (χ1v) is 13.6. The molecule has 0 radical (unpaired) electrons. The third-order valence-corrected chi connectivity index (χ3v) is 8.40. The van der Waals surface area contributed by atoms with E-state index in [2.05, 4.69) is 113 Å². The van der Waals surface area contributed by atoms with Crippen molar-refractivity contribution in [3.05, 3.63) is 115 Å². The molecule has 184 valence electrons. The lowest BCUT2D eigenvalue weighted by Crippen LogP contribution is -1.98. The molecule has 5 aromatic carbocycles. The molecule has 9 rings (SSSR count). The number of para-hydroxylation sites is 3. The maximum atomic E-state index is 6.10. The molecule has 3 heteroatoms. The maximum Gasteiger partial charge on any atom is 0.135 e. The van der Waals surface area contributed by atoms with Crippen LogP contribution in [0.3, 0.4) is 0 Å². The van der Waals surface area contributed by atoms with E-state index in [0.717, 1.165) is 34.8 Å². The van der Waals surface area contributed by atoms with Gasteiger partial charge in [-0.15, -0.1) is 0 Å². The Balaban J connectivity index is 1.36. The minimum atomic E-state index is 0.921. The van der Waals surface area contributed by atoms with Gasteiger partial charge in [0.15, 0.2) is 0 Å². The highest BCUT2D eigenvalue weighted by Gasteiger charge is 2.20. The van der Waals surface area contributed by atoms with Crippen molar-refractivity contribution in [1.82, 2.24) is 9.55 Å². The predicted octanol–water partition coefficient (Wildman–Crippen LogP) is 10.2. The summed E-state index contributed by atoms with van der Waals surface area (Å²) in [6.07, 6.45) is 8.83. The Bertz CT molecular complexity index is 2340. The van der Waals surface area contributed by atoms with Gasteiger partial charge in [-0.05, 0) is 60.9 Å². The SMILES string of the molecule is C1=CCCC(n2c3ccccc3c3c4c(ccc32)[nH]c2c(-c3ccc5oc6ccccc6c5c3)cccc24)=C1. The Hall–Kier alpha value is -5.02. The van der Waals surface area contributed by atoms with Crippen LogP contribution >= 0.6 is 0 Å². The summed E-state index contributed by atoms with van der Waals surface area (Å²) in [5.74, 6) is 0. The normalized spacial score (nSPS) is 14.0. The molecular formula is C36H24N2O. The molecule has 3 aromatic heterocycles. The first-order chi connectivity index (χ1) is 19.3. The Labute approximate surface area is 224 Å². The summed E-state index contributed by atoms with van der Waals surface area (Å²) in [6.45, 7) is 0. The predicted molar refractivity (Wildman–Crippen MR) is 164 cm³/mol. The number of nitrogens with one attached hydrogen (secondary N) is 1. The van der Waals surface area contributed by atoms with Gasteiger partial charge in [-0.2, -0.15) is 0 Å². The average Bonchev–Trinajstić information content (AvgIpc) is 3.66. The summed E-state index contributed by atoms with van der Waals surface area (Å²) in [7, 11) is 0. The van der Waals surface area contributed by atoms with E-state index in [1.807, 2.05) is 12.1 Å². The summed E-state index contributed by atoms with van der Waals surface area (Å²) >= 11 is 0. The molecule has 0 bridgehead atoms. The first-order valence-electron chi connectivity index (χ1n) is 13.6. The molecule has 0 aliphatic heterocycles. The lowest BCUT2D eigenvalue weighted by Gasteiger charge is -2.13. The van der Waals surface area contributed by atoms with Crippen LogP contribution in [0.15, 0.2) is 120 Å². The first kappa shape index (κ1) is 21.0.